The van der Waals surface area contributed by atoms with Gasteiger partial charge in [0.05, 0.1) is 0 Å². The molecule has 2 heterocycles. The molecule has 3 fully saturated rings. The number of hydrogen-bond donors (Lipinski definition) is 0. The van der Waals surface area contributed by atoms with Crippen LogP contribution in [0, 0.1) is 11.8 Å². The number of hydrogen-bond acceptors (Lipinski definition) is 5. The highest BCUT2D eigenvalue weighted by Crippen LogP contribution is 2.54. The molecule has 31 heavy (non-hydrogen) atoms. The molecule has 5 nitrogen and oxygen atoms in total. The van der Waals surface area contributed by atoms with E-state index in [9.17, 15) is 9.59 Å². The van der Waals surface area contributed by atoms with Crippen molar-refractivity contribution < 1.29 is 19.1 Å². The van der Waals surface area contributed by atoms with Gasteiger partial charge in [0.25, 0.3) is 5.79 Å². The first kappa shape index (κ1) is 20.3. The summed E-state index contributed by atoms with van der Waals surface area (Å²) in [5.74, 6) is -1.46. The van der Waals surface area contributed by atoms with E-state index in [1.165, 1.54) is 11.3 Å². The molecule has 1 aromatic rings. The summed E-state index contributed by atoms with van der Waals surface area (Å²) in [4.78, 5) is 28.0. The third kappa shape index (κ3) is 3.12. The molecule has 2 atom stereocenters. The number of ether oxygens (including phenoxy) is 2. The molecule has 164 valence electrons. The van der Waals surface area contributed by atoms with E-state index in [-0.39, 0.29) is 16.9 Å². The largest absolute Gasteiger partial charge is 0.418 e. The standard InChI is InChI=1S/C26H31NO4/c1-4-5-14-27-21-9-7-6-8-20(21)25(2,3)22(27)13-12-19-23(28)30-26(31-24(19)29)16-17-10-11-18(26)15-17/h6-9,12-13,17-18H,4-5,10-11,14-16H2,1-3H3/b19-12?,22-13+. The van der Waals surface area contributed by atoms with E-state index in [0.29, 0.717) is 12.3 Å². The Morgan fingerprint density at radius 2 is 1.84 bits per heavy atom. The highest BCUT2D eigenvalue weighted by molar-refractivity contribution is 6.15. The van der Waals surface area contributed by atoms with Crippen LogP contribution >= 0.6 is 0 Å². The number of nitrogens with zero attached hydrogens (tertiary/aromatic N) is 1. The first-order chi connectivity index (χ1) is 14.9. The molecule has 5 rings (SSSR count). The van der Waals surface area contributed by atoms with Crippen molar-refractivity contribution in [1.29, 1.82) is 0 Å². The molecule has 2 aliphatic heterocycles. The molecule has 1 aromatic carbocycles. The quantitative estimate of drug-likeness (QED) is 0.389. The van der Waals surface area contributed by atoms with Crippen LogP contribution in [0.4, 0.5) is 5.69 Å². The Morgan fingerprint density at radius 3 is 2.48 bits per heavy atom. The minimum atomic E-state index is -1.02. The summed E-state index contributed by atoms with van der Waals surface area (Å²) < 4.78 is 11.6. The molecule has 1 saturated heterocycles. The number of esters is 2. The first-order valence-electron chi connectivity index (χ1n) is 11.6. The van der Waals surface area contributed by atoms with Crippen molar-refractivity contribution in [2.24, 2.45) is 11.8 Å². The average molecular weight is 422 g/mol. The molecule has 2 aliphatic carbocycles. The minimum Gasteiger partial charge on any atom is -0.418 e. The lowest BCUT2D eigenvalue weighted by atomic mass is 9.83. The molecule has 4 aliphatic rings. The molecule has 0 N–H and O–H groups in total. The van der Waals surface area contributed by atoms with Gasteiger partial charge in [0, 0.05) is 35.7 Å². The molecular formula is C26H31NO4. The lowest BCUT2D eigenvalue weighted by Crippen LogP contribution is -2.49. The summed E-state index contributed by atoms with van der Waals surface area (Å²) in [6.45, 7) is 7.44. The van der Waals surface area contributed by atoms with Crippen molar-refractivity contribution in [1.82, 2.24) is 0 Å². The van der Waals surface area contributed by atoms with E-state index >= 15 is 0 Å². The van der Waals surface area contributed by atoms with Gasteiger partial charge in [-0.05, 0) is 55.4 Å². The number of anilines is 1. The monoisotopic (exact) mass is 421 g/mol. The Balaban J connectivity index is 1.45. The van der Waals surface area contributed by atoms with E-state index in [1.807, 2.05) is 6.08 Å². The minimum absolute atomic E-state index is 0.0110. The molecule has 0 amide bonds. The van der Waals surface area contributed by atoms with Gasteiger partial charge in [-0.3, -0.25) is 0 Å². The van der Waals surface area contributed by atoms with Gasteiger partial charge < -0.3 is 14.4 Å². The van der Waals surface area contributed by atoms with Crippen LogP contribution in [-0.2, 0) is 24.5 Å². The maximum absolute atomic E-state index is 12.8. The van der Waals surface area contributed by atoms with Crippen molar-refractivity contribution in [3.05, 3.63) is 53.3 Å². The Hall–Kier alpha value is -2.56. The van der Waals surface area contributed by atoms with Gasteiger partial charge in [0.1, 0.15) is 5.57 Å². The fraction of sp³-hybridized carbons (Fsp3) is 0.538. The second kappa shape index (κ2) is 7.25. The maximum Gasteiger partial charge on any atom is 0.348 e. The summed E-state index contributed by atoms with van der Waals surface area (Å²) >= 11 is 0. The van der Waals surface area contributed by atoms with Gasteiger partial charge in [0.15, 0.2) is 0 Å². The number of unbranched alkanes of at least 4 members (excludes halogenated alkanes) is 1. The molecule has 0 aromatic heterocycles. The van der Waals surface area contributed by atoms with E-state index in [1.54, 1.807) is 6.08 Å². The molecule has 2 saturated carbocycles. The lowest BCUT2D eigenvalue weighted by molar-refractivity contribution is -0.251. The molecule has 0 radical (unpaired) electrons. The second-order valence-corrected chi connectivity index (χ2v) is 9.95. The van der Waals surface area contributed by atoms with Crippen molar-refractivity contribution in [2.45, 2.75) is 70.5 Å². The van der Waals surface area contributed by atoms with E-state index in [4.69, 9.17) is 9.47 Å². The fourth-order valence-electron chi connectivity index (χ4n) is 6.00. The van der Waals surface area contributed by atoms with Gasteiger partial charge in [0.2, 0.25) is 0 Å². The molecule has 2 bridgehead atoms. The van der Waals surface area contributed by atoms with Gasteiger partial charge in [-0.25, -0.2) is 9.59 Å². The normalized spacial score (nSPS) is 31.9. The second-order valence-electron chi connectivity index (χ2n) is 9.95. The van der Waals surface area contributed by atoms with Crippen LogP contribution in [0.2, 0.25) is 0 Å². The number of benzene rings is 1. The van der Waals surface area contributed by atoms with E-state index in [2.05, 4.69) is 49.9 Å². The number of allylic oxidation sites excluding steroid dienone is 3. The van der Waals surface area contributed by atoms with Crippen LogP contribution in [-0.4, -0.2) is 24.3 Å². The Kier molecular flexibility index (Phi) is 4.76. The lowest BCUT2D eigenvalue weighted by Gasteiger charge is -2.39. The molecule has 5 heteroatoms. The summed E-state index contributed by atoms with van der Waals surface area (Å²) in [7, 11) is 0. The summed E-state index contributed by atoms with van der Waals surface area (Å²) in [5, 5.41) is 0. The summed E-state index contributed by atoms with van der Waals surface area (Å²) in [6.07, 6.45) is 9.41. The number of rotatable bonds is 4. The smallest absolute Gasteiger partial charge is 0.348 e. The van der Waals surface area contributed by atoms with Crippen LogP contribution < -0.4 is 4.90 Å². The van der Waals surface area contributed by atoms with Gasteiger partial charge in [-0.2, -0.15) is 0 Å². The maximum atomic E-state index is 12.8. The molecular weight excluding hydrogens is 390 g/mol. The van der Waals surface area contributed by atoms with Gasteiger partial charge in [-0.1, -0.05) is 45.4 Å². The number of para-hydroxylation sites is 1. The molecule has 2 unspecified atom stereocenters. The Bertz CT molecular complexity index is 969. The zero-order valence-electron chi connectivity index (χ0n) is 18.6. The average Bonchev–Trinajstić information content (AvgIpc) is 3.38. The number of carbonyl (C=O) groups is 2. The number of fused-ring (bicyclic) bond motifs is 4. The third-order valence-corrected chi connectivity index (χ3v) is 7.65. The highest BCUT2D eigenvalue weighted by atomic mass is 16.7. The predicted octanol–water partition coefficient (Wildman–Crippen LogP) is 5.01. The third-order valence-electron chi connectivity index (χ3n) is 7.65. The SMILES string of the molecule is CCCCN1/C(=C/C=C2C(=O)OC3(CC4CCC3C4)OC2=O)C(C)(C)c2ccccc21. The van der Waals surface area contributed by atoms with Crippen LogP contribution in [0.3, 0.4) is 0 Å². The van der Waals surface area contributed by atoms with Gasteiger partial charge >= 0.3 is 11.9 Å². The highest BCUT2D eigenvalue weighted by Gasteiger charge is 2.59. The van der Waals surface area contributed by atoms with Gasteiger partial charge in [-0.15, -0.1) is 0 Å². The van der Waals surface area contributed by atoms with Crippen molar-refractivity contribution in [3.8, 4) is 0 Å². The van der Waals surface area contributed by atoms with Crippen LogP contribution in [0.1, 0.15) is 64.9 Å². The van der Waals surface area contributed by atoms with Crippen LogP contribution in [0.15, 0.2) is 47.7 Å². The van der Waals surface area contributed by atoms with Crippen LogP contribution in [0.5, 0.6) is 0 Å². The zero-order valence-corrected chi connectivity index (χ0v) is 18.6. The van der Waals surface area contributed by atoms with E-state index in [0.717, 1.165) is 44.3 Å². The van der Waals surface area contributed by atoms with Crippen LogP contribution in [0.25, 0.3) is 0 Å². The zero-order chi connectivity index (χ0) is 21.8. The molecule has 1 spiro atoms. The van der Waals surface area contributed by atoms with Crippen molar-refractivity contribution in [2.75, 3.05) is 11.4 Å². The van der Waals surface area contributed by atoms with Crippen molar-refractivity contribution >= 4 is 17.6 Å². The van der Waals surface area contributed by atoms with Crippen molar-refractivity contribution in [3.63, 3.8) is 0 Å². The summed E-state index contributed by atoms with van der Waals surface area (Å²) in [6, 6.07) is 8.41. The first-order valence-corrected chi connectivity index (χ1v) is 11.6. The number of carbonyl (C=O) groups excluding carboxylic acids is 2. The van der Waals surface area contributed by atoms with E-state index < -0.39 is 17.7 Å². The predicted molar refractivity (Wildman–Crippen MR) is 118 cm³/mol. The topological polar surface area (TPSA) is 55.8 Å². The Morgan fingerprint density at radius 1 is 1.10 bits per heavy atom. The summed E-state index contributed by atoms with van der Waals surface area (Å²) in [5.41, 5.74) is 3.29. The fourth-order valence-corrected chi connectivity index (χ4v) is 6.00. The Labute approximate surface area is 184 Å².